The van der Waals surface area contributed by atoms with Crippen LogP contribution in [0, 0.1) is 21.7 Å². The predicted octanol–water partition coefficient (Wildman–Crippen LogP) is 2.42. The highest BCUT2D eigenvalue weighted by molar-refractivity contribution is 5.95. The van der Waals surface area contributed by atoms with Crippen LogP contribution in [0.15, 0.2) is 12.1 Å². The van der Waals surface area contributed by atoms with Gasteiger partial charge >= 0.3 is 5.69 Å². The number of carbonyl (C=O) groups excluding carboxylic acids is 1. The fraction of sp³-hybridized carbons (Fsp3) is 0.462. The number of nitro groups is 1. The molecule has 0 heterocycles. The van der Waals surface area contributed by atoms with Gasteiger partial charge in [-0.1, -0.05) is 6.92 Å². The molecule has 0 aliphatic heterocycles. The van der Waals surface area contributed by atoms with Crippen LogP contribution in [0.4, 0.5) is 14.5 Å². The average Bonchev–Trinajstić information content (AvgIpc) is 2.42. The lowest BCUT2D eigenvalue weighted by Crippen LogP contribution is -2.27. The first-order valence-corrected chi connectivity index (χ1v) is 6.47. The molecule has 0 bridgehead atoms. The van der Waals surface area contributed by atoms with E-state index in [1.54, 1.807) is 0 Å². The van der Waals surface area contributed by atoms with Gasteiger partial charge in [-0.15, -0.1) is 0 Å². The summed E-state index contributed by atoms with van der Waals surface area (Å²) in [4.78, 5) is 21.2. The summed E-state index contributed by atoms with van der Waals surface area (Å²) in [6, 6.07) is 1.38. The zero-order valence-corrected chi connectivity index (χ0v) is 11.5. The molecule has 0 aliphatic carbocycles. The molecule has 0 saturated heterocycles. The van der Waals surface area contributed by atoms with Gasteiger partial charge in [0.1, 0.15) is 11.4 Å². The van der Waals surface area contributed by atoms with E-state index in [2.05, 4.69) is 5.32 Å². The van der Waals surface area contributed by atoms with Gasteiger partial charge in [-0.25, -0.2) is 4.39 Å². The maximum atomic E-state index is 13.7. The molecule has 0 saturated carbocycles. The summed E-state index contributed by atoms with van der Waals surface area (Å²) < 4.78 is 32.4. The molecule has 0 atom stereocenters. The highest BCUT2D eigenvalue weighted by Crippen LogP contribution is 2.22. The first kappa shape index (κ1) is 17.0. The van der Waals surface area contributed by atoms with Crippen LogP contribution < -0.4 is 5.32 Å². The van der Waals surface area contributed by atoms with Crippen molar-refractivity contribution in [3.05, 3.63) is 39.4 Å². The molecule has 8 heteroatoms. The number of nitrogens with zero attached hydrogens (tertiary/aromatic N) is 1. The number of hydrogen-bond acceptors (Lipinski definition) is 4. The number of amides is 1. The summed E-state index contributed by atoms with van der Waals surface area (Å²) in [5.74, 6) is -3.64. The molecule has 116 valence electrons. The fourth-order valence-electron chi connectivity index (χ4n) is 1.60. The Bertz CT molecular complexity index is 523. The van der Waals surface area contributed by atoms with Crippen molar-refractivity contribution in [2.24, 2.45) is 0 Å². The third-order valence-electron chi connectivity index (χ3n) is 2.59. The number of ether oxygens (including phenoxy) is 1. The number of hydrogen-bond donors (Lipinski definition) is 1. The van der Waals surface area contributed by atoms with Crippen molar-refractivity contribution >= 4 is 11.6 Å². The smallest absolute Gasteiger partial charge is 0.305 e. The maximum absolute atomic E-state index is 13.7. The monoisotopic (exact) mass is 302 g/mol. The van der Waals surface area contributed by atoms with Crippen molar-refractivity contribution in [3.8, 4) is 0 Å². The Hall–Kier alpha value is -2.09. The van der Waals surface area contributed by atoms with Gasteiger partial charge in [0.05, 0.1) is 4.92 Å². The number of nitro benzene ring substituents is 1. The Kier molecular flexibility index (Phi) is 6.67. The molecule has 0 fully saturated rings. The molecule has 1 aromatic carbocycles. The summed E-state index contributed by atoms with van der Waals surface area (Å²) in [5.41, 5.74) is -1.88. The van der Waals surface area contributed by atoms with E-state index in [9.17, 15) is 23.7 Å². The maximum Gasteiger partial charge on any atom is 0.305 e. The SMILES string of the molecule is CCCOCCCNC(=O)c1c(F)ccc([N+](=O)[O-])c1F. The minimum atomic E-state index is -1.47. The summed E-state index contributed by atoms with van der Waals surface area (Å²) in [6.45, 7) is 3.12. The third-order valence-corrected chi connectivity index (χ3v) is 2.59. The van der Waals surface area contributed by atoms with Gasteiger partial charge in [-0.05, 0) is 18.9 Å². The summed E-state index contributed by atoms with van der Waals surface area (Å²) in [6.07, 6.45) is 1.35. The highest BCUT2D eigenvalue weighted by Gasteiger charge is 2.25. The number of rotatable bonds is 8. The van der Waals surface area contributed by atoms with Crippen molar-refractivity contribution in [2.75, 3.05) is 19.8 Å². The van der Waals surface area contributed by atoms with Gasteiger partial charge in [0.2, 0.25) is 5.82 Å². The quantitative estimate of drug-likeness (QED) is 0.454. The first-order valence-electron chi connectivity index (χ1n) is 6.47. The molecule has 1 amide bonds. The zero-order chi connectivity index (χ0) is 15.8. The lowest BCUT2D eigenvalue weighted by Gasteiger charge is -2.07. The molecule has 6 nitrogen and oxygen atoms in total. The molecule has 1 rings (SSSR count). The lowest BCUT2D eigenvalue weighted by atomic mass is 10.1. The normalized spacial score (nSPS) is 10.4. The molecule has 0 spiro atoms. The molecule has 21 heavy (non-hydrogen) atoms. The van der Waals surface area contributed by atoms with E-state index in [-0.39, 0.29) is 6.54 Å². The Morgan fingerprint density at radius 2 is 2.10 bits per heavy atom. The van der Waals surface area contributed by atoms with Crippen LogP contribution in [0.1, 0.15) is 30.1 Å². The number of benzene rings is 1. The van der Waals surface area contributed by atoms with Crippen molar-refractivity contribution in [1.29, 1.82) is 0 Å². The van der Waals surface area contributed by atoms with Gasteiger partial charge in [0.15, 0.2) is 0 Å². The molecular formula is C13H16F2N2O4. The molecular weight excluding hydrogens is 286 g/mol. The molecule has 1 aromatic rings. The molecule has 1 N–H and O–H groups in total. The van der Waals surface area contributed by atoms with Crippen LogP contribution in [0.2, 0.25) is 0 Å². The number of halogens is 2. The van der Waals surface area contributed by atoms with Crippen LogP contribution in [0.5, 0.6) is 0 Å². The topological polar surface area (TPSA) is 81.5 Å². The minimum absolute atomic E-state index is 0.157. The number of carbonyl (C=O) groups is 1. The Balaban J connectivity index is 2.66. The van der Waals surface area contributed by atoms with E-state index in [1.165, 1.54) is 0 Å². The lowest BCUT2D eigenvalue weighted by molar-refractivity contribution is -0.387. The van der Waals surface area contributed by atoms with Crippen LogP contribution >= 0.6 is 0 Å². The second kappa shape index (κ2) is 8.25. The van der Waals surface area contributed by atoms with E-state index in [4.69, 9.17) is 4.74 Å². The van der Waals surface area contributed by atoms with Gasteiger partial charge in [-0.2, -0.15) is 4.39 Å². The van der Waals surface area contributed by atoms with E-state index >= 15 is 0 Å². The largest absolute Gasteiger partial charge is 0.381 e. The first-order chi connectivity index (χ1) is 9.99. The molecule has 0 radical (unpaired) electrons. The standard InChI is InChI=1S/C13H16F2N2O4/c1-2-7-21-8-3-6-16-13(18)11-9(14)4-5-10(12(11)15)17(19)20/h4-5H,2-3,6-8H2,1H3,(H,16,18). The third kappa shape index (κ3) is 4.75. The summed E-state index contributed by atoms with van der Waals surface area (Å²) in [5, 5.41) is 12.9. The van der Waals surface area contributed by atoms with Crippen molar-refractivity contribution in [1.82, 2.24) is 5.32 Å². The molecule has 0 aliphatic rings. The fourth-order valence-corrected chi connectivity index (χ4v) is 1.60. The van der Waals surface area contributed by atoms with Crippen LogP contribution in [-0.2, 0) is 4.74 Å². The highest BCUT2D eigenvalue weighted by atomic mass is 19.1. The van der Waals surface area contributed by atoms with Gasteiger partial charge < -0.3 is 10.1 Å². The van der Waals surface area contributed by atoms with Crippen LogP contribution in [0.3, 0.4) is 0 Å². The number of nitrogens with one attached hydrogen (secondary N) is 1. The van der Waals surface area contributed by atoms with E-state index in [0.717, 1.165) is 6.42 Å². The molecule has 0 aromatic heterocycles. The van der Waals surface area contributed by atoms with E-state index in [0.29, 0.717) is 31.8 Å². The van der Waals surface area contributed by atoms with E-state index < -0.39 is 33.7 Å². The minimum Gasteiger partial charge on any atom is -0.381 e. The Labute approximate surface area is 120 Å². The van der Waals surface area contributed by atoms with Crippen molar-refractivity contribution in [3.63, 3.8) is 0 Å². The van der Waals surface area contributed by atoms with Gasteiger partial charge in [-0.3, -0.25) is 14.9 Å². The van der Waals surface area contributed by atoms with Crippen LogP contribution in [-0.4, -0.2) is 30.6 Å². The Morgan fingerprint density at radius 1 is 1.38 bits per heavy atom. The summed E-state index contributed by atoms with van der Waals surface area (Å²) in [7, 11) is 0. The second-order valence-corrected chi connectivity index (χ2v) is 4.23. The van der Waals surface area contributed by atoms with Crippen molar-refractivity contribution in [2.45, 2.75) is 19.8 Å². The van der Waals surface area contributed by atoms with E-state index in [1.807, 2.05) is 6.92 Å². The average molecular weight is 302 g/mol. The van der Waals surface area contributed by atoms with Gasteiger partial charge in [0.25, 0.3) is 5.91 Å². The zero-order valence-electron chi connectivity index (χ0n) is 11.5. The van der Waals surface area contributed by atoms with Gasteiger partial charge in [0, 0.05) is 25.8 Å². The second-order valence-electron chi connectivity index (χ2n) is 4.23. The molecule has 0 unspecified atom stereocenters. The predicted molar refractivity (Wildman–Crippen MR) is 71.1 cm³/mol. The summed E-state index contributed by atoms with van der Waals surface area (Å²) >= 11 is 0. The van der Waals surface area contributed by atoms with Crippen molar-refractivity contribution < 1.29 is 23.2 Å². The van der Waals surface area contributed by atoms with Crippen LogP contribution in [0.25, 0.3) is 0 Å². The Morgan fingerprint density at radius 3 is 2.71 bits per heavy atom.